The maximum Gasteiger partial charge on any atom is 0.336 e. The molecule has 1 aromatic rings. The summed E-state index contributed by atoms with van der Waals surface area (Å²) in [4.78, 5) is 46.8. The Hall–Kier alpha value is -3.02. The number of carboxylic acid groups (broad SMARTS) is 2. The van der Waals surface area contributed by atoms with Gasteiger partial charge in [0.15, 0.2) is 11.6 Å². The predicted molar refractivity (Wildman–Crippen MR) is 96.6 cm³/mol. The Labute approximate surface area is 151 Å². The fraction of sp³-hybridized carbons (Fsp3) is 0.300. The van der Waals surface area contributed by atoms with E-state index in [9.17, 15) is 29.4 Å². The molecular formula is C20H22O6. The van der Waals surface area contributed by atoms with E-state index in [1.165, 1.54) is 19.1 Å². The third kappa shape index (κ3) is 5.24. The number of rotatable bonds is 10. The van der Waals surface area contributed by atoms with Gasteiger partial charge in [0, 0.05) is 12.8 Å². The SMILES string of the molecule is C=C(C)C(=O)CCc1ccc(C(=O)O)c(CCC(=O)C(=C)C)c1C(=O)O. The van der Waals surface area contributed by atoms with Crippen LogP contribution in [0.3, 0.4) is 0 Å². The lowest BCUT2D eigenvalue weighted by molar-refractivity contribution is -0.116. The van der Waals surface area contributed by atoms with Crippen molar-refractivity contribution in [3.8, 4) is 0 Å². The number of carbonyl (C=O) groups is 4. The molecule has 0 radical (unpaired) electrons. The molecule has 0 amide bonds. The summed E-state index contributed by atoms with van der Waals surface area (Å²) in [6.07, 6.45) is 0.155. The minimum Gasteiger partial charge on any atom is -0.478 e. The number of ketones is 2. The fourth-order valence-electron chi connectivity index (χ4n) is 2.54. The van der Waals surface area contributed by atoms with Crippen LogP contribution in [0.25, 0.3) is 0 Å². The zero-order valence-electron chi connectivity index (χ0n) is 14.9. The maximum atomic E-state index is 11.8. The zero-order valence-corrected chi connectivity index (χ0v) is 14.9. The number of aromatic carboxylic acids is 2. The normalized spacial score (nSPS) is 10.2. The molecule has 6 nitrogen and oxygen atoms in total. The first-order valence-corrected chi connectivity index (χ1v) is 8.05. The second kappa shape index (κ2) is 8.89. The zero-order chi connectivity index (χ0) is 20.0. The molecule has 0 atom stereocenters. The third-order valence-corrected chi connectivity index (χ3v) is 4.02. The number of benzene rings is 1. The van der Waals surface area contributed by atoms with Gasteiger partial charge in [-0.25, -0.2) is 9.59 Å². The summed E-state index contributed by atoms with van der Waals surface area (Å²) in [6, 6.07) is 2.72. The number of carbonyl (C=O) groups excluding carboxylic acids is 2. The highest BCUT2D eigenvalue weighted by Gasteiger charge is 2.23. The summed E-state index contributed by atoms with van der Waals surface area (Å²) in [5, 5.41) is 19.0. The molecule has 1 rings (SSSR count). The number of Topliss-reactive ketones (excluding diaryl/α,β-unsaturated/α-hetero) is 2. The van der Waals surface area contributed by atoms with Crippen LogP contribution in [0.5, 0.6) is 0 Å². The smallest absolute Gasteiger partial charge is 0.336 e. The van der Waals surface area contributed by atoms with E-state index in [4.69, 9.17) is 0 Å². The fourth-order valence-corrected chi connectivity index (χ4v) is 2.54. The largest absolute Gasteiger partial charge is 0.478 e. The van der Waals surface area contributed by atoms with E-state index in [2.05, 4.69) is 13.2 Å². The van der Waals surface area contributed by atoms with Crippen LogP contribution in [0, 0.1) is 0 Å². The number of hydrogen-bond donors (Lipinski definition) is 2. The molecular weight excluding hydrogens is 336 g/mol. The van der Waals surface area contributed by atoms with Gasteiger partial charge in [-0.05, 0) is 55.0 Å². The first-order chi connectivity index (χ1) is 12.1. The van der Waals surface area contributed by atoms with Crippen molar-refractivity contribution in [1.29, 1.82) is 0 Å². The Morgan fingerprint density at radius 3 is 1.77 bits per heavy atom. The summed E-state index contributed by atoms with van der Waals surface area (Å²) < 4.78 is 0. The highest BCUT2D eigenvalue weighted by molar-refractivity contribution is 5.99. The Balaban J connectivity index is 3.34. The molecule has 0 aliphatic carbocycles. The quantitative estimate of drug-likeness (QED) is 0.622. The van der Waals surface area contributed by atoms with Gasteiger partial charge < -0.3 is 10.2 Å². The summed E-state index contributed by atoms with van der Waals surface area (Å²) in [6.45, 7) is 10.2. The van der Waals surface area contributed by atoms with Crippen molar-refractivity contribution < 1.29 is 29.4 Å². The number of hydrogen-bond acceptors (Lipinski definition) is 4. The van der Waals surface area contributed by atoms with Gasteiger partial charge in [-0.2, -0.15) is 0 Å². The number of allylic oxidation sites excluding steroid dienone is 2. The van der Waals surface area contributed by atoms with Crippen molar-refractivity contribution in [3.05, 3.63) is 58.7 Å². The molecule has 2 N–H and O–H groups in total. The second-order valence-electron chi connectivity index (χ2n) is 6.14. The molecule has 0 unspecified atom stereocenters. The average Bonchev–Trinajstić information content (AvgIpc) is 2.55. The third-order valence-electron chi connectivity index (χ3n) is 4.02. The van der Waals surface area contributed by atoms with Crippen LogP contribution in [0.2, 0.25) is 0 Å². The molecule has 0 saturated carbocycles. The molecule has 0 aliphatic rings. The molecule has 6 heteroatoms. The Kier molecular flexibility index (Phi) is 7.19. The van der Waals surface area contributed by atoms with E-state index in [1.54, 1.807) is 6.92 Å². The van der Waals surface area contributed by atoms with Crippen LogP contribution in [0.4, 0.5) is 0 Å². The molecule has 0 saturated heterocycles. The minimum atomic E-state index is -1.29. The molecule has 0 aromatic heterocycles. The molecule has 0 bridgehead atoms. The predicted octanol–water partition coefficient (Wildman–Crippen LogP) is 3.24. The van der Waals surface area contributed by atoms with Gasteiger partial charge in [0.2, 0.25) is 0 Å². The van der Waals surface area contributed by atoms with Crippen LogP contribution < -0.4 is 0 Å². The van der Waals surface area contributed by atoms with E-state index < -0.39 is 11.9 Å². The highest BCUT2D eigenvalue weighted by atomic mass is 16.4. The molecule has 0 spiro atoms. The topological polar surface area (TPSA) is 109 Å². The molecule has 26 heavy (non-hydrogen) atoms. The van der Waals surface area contributed by atoms with Crippen LogP contribution in [0.1, 0.15) is 58.5 Å². The van der Waals surface area contributed by atoms with Gasteiger partial charge >= 0.3 is 11.9 Å². The van der Waals surface area contributed by atoms with Crippen molar-refractivity contribution in [2.24, 2.45) is 0 Å². The van der Waals surface area contributed by atoms with E-state index in [1.807, 2.05) is 0 Å². The Morgan fingerprint density at radius 1 is 0.846 bits per heavy atom. The lowest BCUT2D eigenvalue weighted by Crippen LogP contribution is -2.15. The van der Waals surface area contributed by atoms with Crippen LogP contribution in [0.15, 0.2) is 36.4 Å². The van der Waals surface area contributed by atoms with Crippen molar-refractivity contribution >= 4 is 23.5 Å². The molecule has 138 valence electrons. The summed E-state index contributed by atoms with van der Waals surface area (Å²) >= 11 is 0. The first-order valence-electron chi connectivity index (χ1n) is 8.05. The second-order valence-corrected chi connectivity index (χ2v) is 6.14. The maximum absolute atomic E-state index is 11.8. The molecule has 0 heterocycles. The number of aryl methyl sites for hydroxylation is 1. The highest BCUT2D eigenvalue weighted by Crippen LogP contribution is 2.24. The van der Waals surface area contributed by atoms with Gasteiger partial charge in [0.1, 0.15) is 0 Å². The molecule has 0 fully saturated rings. The van der Waals surface area contributed by atoms with E-state index in [0.717, 1.165) is 0 Å². The van der Waals surface area contributed by atoms with Crippen LogP contribution in [-0.2, 0) is 22.4 Å². The van der Waals surface area contributed by atoms with Gasteiger partial charge in [0.25, 0.3) is 0 Å². The number of carboxylic acids is 2. The lowest BCUT2D eigenvalue weighted by Gasteiger charge is -2.14. The van der Waals surface area contributed by atoms with Gasteiger partial charge in [-0.3, -0.25) is 9.59 Å². The van der Waals surface area contributed by atoms with Crippen LogP contribution in [-0.4, -0.2) is 33.7 Å². The van der Waals surface area contributed by atoms with Gasteiger partial charge in [0.05, 0.1) is 11.1 Å². The summed E-state index contributed by atoms with van der Waals surface area (Å²) in [5.41, 5.74) is 0.814. The lowest BCUT2D eigenvalue weighted by atomic mass is 9.89. The standard InChI is InChI=1S/C20H22O6/c1-11(2)16(21)9-6-13-5-7-15(19(23)24)14(18(13)20(25)26)8-10-17(22)12(3)4/h5,7H,1,3,6,8-10H2,2,4H3,(H,23,24)(H,25,26). The summed E-state index contributed by atoms with van der Waals surface area (Å²) in [5.74, 6) is -3.01. The van der Waals surface area contributed by atoms with E-state index in [-0.39, 0.29) is 53.9 Å². The molecule has 0 aliphatic heterocycles. The molecule has 1 aromatic carbocycles. The van der Waals surface area contributed by atoms with Crippen molar-refractivity contribution in [1.82, 2.24) is 0 Å². The Morgan fingerprint density at radius 2 is 1.35 bits per heavy atom. The average molecular weight is 358 g/mol. The van der Waals surface area contributed by atoms with Crippen molar-refractivity contribution in [3.63, 3.8) is 0 Å². The van der Waals surface area contributed by atoms with Gasteiger partial charge in [-0.15, -0.1) is 0 Å². The Bertz CT molecular complexity index is 801. The van der Waals surface area contributed by atoms with Crippen LogP contribution >= 0.6 is 0 Å². The van der Waals surface area contributed by atoms with Crippen molar-refractivity contribution in [2.75, 3.05) is 0 Å². The van der Waals surface area contributed by atoms with Crippen molar-refractivity contribution in [2.45, 2.75) is 39.5 Å². The summed E-state index contributed by atoms with van der Waals surface area (Å²) in [7, 11) is 0. The minimum absolute atomic E-state index is 0.0305. The monoisotopic (exact) mass is 358 g/mol. The van der Waals surface area contributed by atoms with Gasteiger partial charge in [-0.1, -0.05) is 19.2 Å². The van der Waals surface area contributed by atoms with E-state index >= 15 is 0 Å². The van der Waals surface area contributed by atoms with E-state index in [0.29, 0.717) is 16.7 Å². The first kappa shape index (κ1) is 21.0.